The zero-order chi connectivity index (χ0) is 17.2. The Labute approximate surface area is 146 Å². The molecule has 0 N–H and O–H groups in total. The molecule has 1 aromatic carbocycles. The normalized spacial score (nSPS) is 23.0. The number of hydrogen-bond acceptors (Lipinski definition) is 5. The highest BCUT2D eigenvalue weighted by molar-refractivity contribution is 8.13. The molecule has 2 heterocycles. The SMILES string of the molecule is O=C1CC(CS(=O)(=O)Cl)CN1c1ccccc1CN1CCOCC1. The predicted octanol–water partition coefficient (Wildman–Crippen LogP) is 1.44. The van der Waals surface area contributed by atoms with Crippen LogP contribution in [0.25, 0.3) is 0 Å². The Kier molecular flexibility index (Phi) is 5.44. The first-order valence-electron chi connectivity index (χ1n) is 8.03. The first-order valence-corrected chi connectivity index (χ1v) is 10.5. The number of benzene rings is 1. The maximum atomic E-state index is 12.4. The summed E-state index contributed by atoms with van der Waals surface area (Å²) >= 11 is 0. The molecule has 0 bridgehead atoms. The maximum absolute atomic E-state index is 12.4. The number of nitrogens with zero attached hydrogens (tertiary/aromatic N) is 2. The summed E-state index contributed by atoms with van der Waals surface area (Å²) in [4.78, 5) is 16.4. The third-order valence-corrected chi connectivity index (χ3v) is 5.67. The number of morpholine rings is 1. The molecule has 2 saturated heterocycles. The Balaban J connectivity index is 1.75. The van der Waals surface area contributed by atoms with Crippen LogP contribution in [-0.2, 0) is 25.1 Å². The van der Waals surface area contributed by atoms with Gasteiger partial charge in [-0.25, -0.2) is 8.42 Å². The molecule has 2 aliphatic rings. The molecule has 0 saturated carbocycles. The molecular formula is C16H21ClN2O4S. The Bertz CT molecular complexity index is 704. The number of rotatable bonds is 5. The molecule has 8 heteroatoms. The van der Waals surface area contributed by atoms with Gasteiger partial charge in [0.15, 0.2) is 0 Å². The fourth-order valence-electron chi connectivity index (χ4n) is 3.32. The monoisotopic (exact) mass is 372 g/mol. The van der Waals surface area contributed by atoms with Crippen molar-refractivity contribution in [2.24, 2.45) is 5.92 Å². The molecule has 24 heavy (non-hydrogen) atoms. The minimum atomic E-state index is -3.60. The van der Waals surface area contributed by atoms with Crippen molar-refractivity contribution in [1.29, 1.82) is 0 Å². The summed E-state index contributed by atoms with van der Waals surface area (Å²) < 4.78 is 27.9. The van der Waals surface area contributed by atoms with Crippen molar-refractivity contribution in [3.63, 3.8) is 0 Å². The van der Waals surface area contributed by atoms with Gasteiger partial charge in [0, 0.05) is 54.9 Å². The van der Waals surface area contributed by atoms with Crippen molar-refractivity contribution in [2.45, 2.75) is 13.0 Å². The number of halogens is 1. The van der Waals surface area contributed by atoms with Crippen LogP contribution >= 0.6 is 10.7 Å². The van der Waals surface area contributed by atoms with Crippen molar-refractivity contribution in [3.8, 4) is 0 Å². The second-order valence-electron chi connectivity index (χ2n) is 6.30. The van der Waals surface area contributed by atoms with Gasteiger partial charge in [0.2, 0.25) is 15.0 Å². The lowest BCUT2D eigenvalue weighted by atomic mass is 10.1. The fraction of sp³-hybridized carbons (Fsp3) is 0.562. The number of ether oxygens (including phenoxy) is 1. The minimum Gasteiger partial charge on any atom is -0.379 e. The topological polar surface area (TPSA) is 66.9 Å². The molecule has 0 spiro atoms. The van der Waals surface area contributed by atoms with Crippen molar-refractivity contribution in [1.82, 2.24) is 4.90 Å². The summed E-state index contributed by atoms with van der Waals surface area (Å²) in [7, 11) is 1.74. The average Bonchev–Trinajstić information content (AvgIpc) is 2.87. The fourth-order valence-corrected chi connectivity index (χ4v) is 4.64. The summed E-state index contributed by atoms with van der Waals surface area (Å²) in [5.74, 6) is -0.464. The van der Waals surface area contributed by atoms with E-state index in [1.807, 2.05) is 24.3 Å². The molecule has 2 fully saturated rings. The Morgan fingerprint density at radius 1 is 1.21 bits per heavy atom. The molecule has 132 valence electrons. The van der Waals surface area contributed by atoms with E-state index in [-0.39, 0.29) is 24.0 Å². The number of anilines is 1. The second-order valence-corrected chi connectivity index (χ2v) is 9.12. The minimum absolute atomic E-state index is 0.0465. The summed E-state index contributed by atoms with van der Waals surface area (Å²) in [6, 6.07) is 7.80. The molecule has 6 nitrogen and oxygen atoms in total. The van der Waals surface area contributed by atoms with E-state index >= 15 is 0 Å². The Hall–Kier alpha value is -1.15. The van der Waals surface area contributed by atoms with Crippen molar-refractivity contribution < 1.29 is 17.9 Å². The van der Waals surface area contributed by atoms with Crippen LogP contribution in [0.1, 0.15) is 12.0 Å². The maximum Gasteiger partial charge on any atom is 0.232 e. The van der Waals surface area contributed by atoms with E-state index in [2.05, 4.69) is 4.90 Å². The summed E-state index contributed by atoms with van der Waals surface area (Å²) in [6.45, 7) is 4.33. The molecule has 3 rings (SSSR count). The van der Waals surface area contributed by atoms with Crippen LogP contribution in [0.4, 0.5) is 5.69 Å². The predicted molar refractivity (Wildman–Crippen MR) is 92.6 cm³/mol. The molecule has 1 unspecified atom stereocenters. The first-order chi connectivity index (χ1) is 11.4. The first kappa shape index (κ1) is 17.7. The van der Waals surface area contributed by atoms with Crippen LogP contribution < -0.4 is 4.90 Å². The van der Waals surface area contributed by atoms with Gasteiger partial charge >= 0.3 is 0 Å². The number of carbonyl (C=O) groups is 1. The van der Waals surface area contributed by atoms with Crippen molar-refractivity contribution in [3.05, 3.63) is 29.8 Å². The van der Waals surface area contributed by atoms with E-state index in [0.717, 1.165) is 44.1 Å². The quantitative estimate of drug-likeness (QED) is 0.732. The number of amides is 1. The lowest BCUT2D eigenvalue weighted by molar-refractivity contribution is -0.117. The molecule has 0 aromatic heterocycles. The third-order valence-electron chi connectivity index (χ3n) is 4.42. The summed E-state index contributed by atoms with van der Waals surface area (Å²) in [6.07, 6.45) is 0.220. The third kappa shape index (κ3) is 4.47. The highest BCUT2D eigenvalue weighted by Crippen LogP contribution is 2.30. The standard InChI is InChI=1S/C16H21ClN2O4S/c17-24(21,22)12-13-9-16(20)19(10-13)15-4-2-1-3-14(15)11-18-5-7-23-8-6-18/h1-4,13H,5-12H2. The van der Waals surface area contributed by atoms with Gasteiger partial charge in [-0.15, -0.1) is 0 Å². The van der Waals surface area contributed by atoms with Gasteiger partial charge in [0.05, 0.1) is 19.0 Å². The molecule has 1 aromatic rings. The molecular weight excluding hydrogens is 352 g/mol. The van der Waals surface area contributed by atoms with E-state index in [4.69, 9.17) is 15.4 Å². The second kappa shape index (κ2) is 7.39. The van der Waals surface area contributed by atoms with Gasteiger partial charge < -0.3 is 9.64 Å². The van der Waals surface area contributed by atoms with Crippen LogP contribution in [0.5, 0.6) is 0 Å². The smallest absolute Gasteiger partial charge is 0.232 e. The van der Waals surface area contributed by atoms with Crippen LogP contribution in [0.2, 0.25) is 0 Å². The lowest BCUT2D eigenvalue weighted by Crippen LogP contribution is -2.36. The summed E-state index contributed by atoms with van der Waals surface area (Å²) in [5.41, 5.74) is 1.94. The highest BCUT2D eigenvalue weighted by Gasteiger charge is 2.34. The van der Waals surface area contributed by atoms with E-state index in [1.54, 1.807) is 4.90 Å². The average molecular weight is 373 g/mol. The van der Waals surface area contributed by atoms with Gasteiger partial charge in [-0.2, -0.15) is 0 Å². The number of hydrogen-bond donors (Lipinski definition) is 0. The van der Waals surface area contributed by atoms with Crippen LogP contribution in [0, 0.1) is 5.92 Å². The number of para-hydroxylation sites is 1. The highest BCUT2D eigenvalue weighted by atomic mass is 35.7. The van der Waals surface area contributed by atoms with Gasteiger partial charge in [-0.05, 0) is 11.6 Å². The lowest BCUT2D eigenvalue weighted by Gasteiger charge is -2.28. The van der Waals surface area contributed by atoms with Gasteiger partial charge in [-0.1, -0.05) is 18.2 Å². The molecule has 1 amide bonds. The van der Waals surface area contributed by atoms with Gasteiger partial charge in [-0.3, -0.25) is 9.69 Å². The zero-order valence-corrected chi connectivity index (χ0v) is 14.9. The van der Waals surface area contributed by atoms with Crippen molar-refractivity contribution in [2.75, 3.05) is 43.5 Å². The van der Waals surface area contributed by atoms with Crippen LogP contribution in [0.3, 0.4) is 0 Å². The van der Waals surface area contributed by atoms with Crippen LogP contribution in [-0.4, -0.2) is 57.8 Å². The van der Waals surface area contributed by atoms with Crippen LogP contribution in [0.15, 0.2) is 24.3 Å². The molecule has 0 aliphatic carbocycles. The summed E-state index contributed by atoms with van der Waals surface area (Å²) in [5, 5.41) is 0. The zero-order valence-electron chi connectivity index (χ0n) is 13.4. The van der Waals surface area contributed by atoms with Gasteiger partial charge in [0.25, 0.3) is 0 Å². The number of carbonyl (C=O) groups excluding carboxylic acids is 1. The molecule has 1 atom stereocenters. The Morgan fingerprint density at radius 2 is 1.92 bits per heavy atom. The van der Waals surface area contributed by atoms with Gasteiger partial charge in [0.1, 0.15) is 0 Å². The van der Waals surface area contributed by atoms with E-state index in [0.29, 0.717) is 6.54 Å². The Morgan fingerprint density at radius 3 is 2.62 bits per heavy atom. The van der Waals surface area contributed by atoms with E-state index < -0.39 is 9.05 Å². The molecule has 2 aliphatic heterocycles. The molecule has 0 radical (unpaired) electrons. The van der Waals surface area contributed by atoms with E-state index in [1.165, 1.54) is 0 Å². The van der Waals surface area contributed by atoms with E-state index in [9.17, 15) is 13.2 Å². The largest absolute Gasteiger partial charge is 0.379 e. The van der Waals surface area contributed by atoms with Crippen molar-refractivity contribution >= 4 is 31.3 Å².